The molecule has 0 spiro atoms. The molecular formula is C20H21FN2O5S. The molecule has 1 amide bonds. The third-order valence-corrected chi connectivity index (χ3v) is 6.91. The summed E-state index contributed by atoms with van der Waals surface area (Å²) in [6, 6.07) is 9.48. The Hall–Kier alpha value is -2.65. The van der Waals surface area contributed by atoms with Crippen molar-refractivity contribution >= 4 is 15.9 Å². The van der Waals surface area contributed by atoms with Gasteiger partial charge in [-0.25, -0.2) is 12.8 Å². The maximum atomic E-state index is 13.2. The fourth-order valence-corrected chi connectivity index (χ4v) is 5.19. The maximum Gasteiger partial charge on any atom is 0.243 e. The first-order valence-electron chi connectivity index (χ1n) is 9.39. The van der Waals surface area contributed by atoms with Gasteiger partial charge in [0.15, 0.2) is 11.5 Å². The van der Waals surface area contributed by atoms with E-state index in [0.29, 0.717) is 37.6 Å². The van der Waals surface area contributed by atoms with Gasteiger partial charge in [0.2, 0.25) is 15.9 Å². The number of rotatable bonds is 5. The molecule has 0 bridgehead atoms. The van der Waals surface area contributed by atoms with Crippen molar-refractivity contribution in [3.8, 4) is 11.5 Å². The van der Waals surface area contributed by atoms with Crippen molar-refractivity contribution in [2.45, 2.75) is 30.3 Å². The van der Waals surface area contributed by atoms with Crippen molar-refractivity contribution in [1.29, 1.82) is 0 Å². The van der Waals surface area contributed by atoms with Crippen molar-refractivity contribution < 1.29 is 27.1 Å². The molecule has 1 N–H and O–H groups in total. The highest BCUT2D eigenvalue weighted by Gasteiger charge is 2.39. The average Bonchev–Trinajstić information content (AvgIpc) is 3.24. The molecule has 7 nitrogen and oxygen atoms in total. The minimum Gasteiger partial charge on any atom is -0.486 e. The Morgan fingerprint density at radius 3 is 2.59 bits per heavy atom. The fraction of sp³-hybridized carbons (Fsp3) is 0.350. The molecule has 2 aromatic rings. The molecule has 9 heteroatoms. The quantitative estimate of drug-likeness (QED) is 0.801. The number of fused-ring (bicyclic) bond motifs is 1. The summed E-state index contributed by atoms with van der Waals surface area (Å²) in [6.45, 7) is 1.25. The van der Waals surface area contributed by atoms with Gasteiger partial charge in [-0.2, -0.15) is 4.31 Å². The molecule has 0 saturated carbocycles. The number of ether oxygens (including phenoxy) is 2. The van der Waals surface area contributed by atoms with Crippen LogP contribution in [0.3, 0.4) is 0 Å². The smallest absolute Gasteiger partial charge is 0.243 e. The van der Waals surface area contributed by atoms with Crippen LogP contribution >= 0.6 is 0 Å². The van der Waals surface area contributed by atoms with E-state index in [1.165, 1.54) is 28.6 Å². The number of carbonyl (C=O) groups is 1. The average molecular weight is 420 g/mol. The van der Waals surface area contributed by atoms with Gasteiger partial charge in [-0.3, -0.25) is 4.79 Å². The van der Waals surface area contributed by atoms with Gasteiger partial charge in [-0.1, -0.05) is 12.1 Å². The van der Waals surface area contributed by atoms with Crippen molar-refractivity contribution in [2.24, 2.45) is 0 Å². The van der Waals surface area contributed by atoms with Crippen LogP contribution in [0.2, 0.25) is 0 Å². The predicted molar refractivity (Wildman–Crippen MR) is 103 cm³/mol. The molecular weight excluding hydrogens is 399 g/mol. The summed E-state index contributed by atoms with van der Waals surface area (Å²) >= 11 is 0. The van der Waals surface area contributed by atoms with Crippen LogP contribution < -0.4 is 14.8 Å². The van der Waals surface area contributed by atoms with E-state index >= 15 is 0 Å². The molecule has 1 unspecified atom stereocenters. The zero-order valence-corrected chi connectivity index (χ0v) is 16.5. The number of carbonyl (C=O) groups excluding carboxylic acids is 1. The zero-order chi connectivity index (χ0) is 20.4. The first-order chi connectivity index (χ1) is 13.9. The molecule has 2 aromatic carbocycles. The minimum atomic E-state index is -3.87. The summed E-state index contributed by atoms with van der Waals surface area (Å²) in [5, 5.41) is 2.75. The summed E-state index contributed by atoms with van der Waals surface area (Å²) in [4.78, 5) is 12.7. The Kier molecular flexibility index (Phi) is 5.42. The molecule has 2 aliphatic heterocycles. The molecule has 1 atom stereocenters. The van der Waals surface area contributed by atoms with Crippen LogP contribution in [0.1, 0.15) is 18.4 Å². The number of benzene rings is 2. The van der Waals surface area contributed by atoms with Crippen molar-refractivity contribution in [3.05, 3.63) is 53.8 Å². The molecule has 1 fully saturated rings. The lowest BCUT2D eigenvalue weighted by molar-refractivity contribution is -0.124. The Morgan fingerprint density at radius 2 is 1.83 bits per heavy atom. The number of sulfonamides is 1. The first kappa shape index (κ1) is 19.7. The van der Waals surface area contributed by atoms with Gasteiger partial charge in [-0.05, 0) is 42.7 Å². The Morgan fingerprint density at radius 1 is 1.10 bits per heavy atom. The van der Waals surface area contributed by atoms with Gasteiger partial charge >= 0.3 is 0 Å². The van der Waals surface area contributed by atoms with E-state index in [0.717, 1.165) is 5.56 Å². The molecule has 0 radical (unpaired) electrons. The summed E-state index contributed by atoms with van der Waals surface area (Å²) in [5.74, 6) is 0.166. The lowest BCUT2D eigenvalue weighted by Crippen LogP contribution is -2.45. The second-order valence-corrected chi connectivity index (χ2v) is 8.81. The molecule has 2 aliphatic rings. The SMILES string of the molecule is O=C(NCc1ccc(F)cc1)C1CCCN1S(=O)(=O)c1ccc2c(c1)OCCO2. The van der Waals surface area contributed by atoms with E-state index in [1.54, 1.807) is 18.2 Å². The second kappa shape index (κ2) is 8.00. The van der Waals surface area contributed by atoms with Crippen LogP contribution in [0.25, 0.3) is 0 Å². The normalized spacial score (nSPS) is 19.1. The van der Waals surface area contributed by atoms with Gasteiger partial charge in [0, 0.05) is 19.2 Å². The minimum absolute atomic E-state index is 0.0694. The summed E-state index contributed by atoms with van der Waals surface area (Å²) < 4.78 is 51.5. The molecule has 0 aromatic heterocycles. The second-order valence-electron chi connectivity index (χ2n) is 6.92. The number of hydrogen-bond donors (Lipinski definition) is 1. The number of hydrogen-bond acceptors (Lipinski definition) is 5. The van der Waals surface area contributed by atoms with Gasteiger partial charge in [0.25, 0.3) is 0 Å². The largest absolute Gasteiger partial charge is 0.486 e. The van der Waals surface area contributed by atoms with Crippen LogP contribution in [-0.2, 0) is 21.4 Å². The van der Waals surface area contributed by atoms with Gasteiger partial charge < -0.3 is 14.8 Å². The Balaban J connectivity index is 1.49. The highest BCUT2D eigenvalue weighted by Crippen LogP contribution is 2.34. The van der Waals surface area contributed by atoms with E-state index in [9.17, 15) is 17.6 Å². The molecule has 29 heavy (non-hydrogen) atoms. The summed E-state index contributed by atoms with van der Waals surface area (Å²) in [6.07, 6.45) is 1.04. The van der Waals surface area contributed by atoms with Gasteiger partial charge in [0.05, 0.1) is 4.90 Å². The van der Waals surface area contributed by atoms with Crippen molar-refractivity contribution in [3.63, 3.8) is 0 Å². The highest BCUT2D eigenvalue weighted by atomic mass is 32.2. The van der Waals surface area contributed by atoms with E-state index in [4.69, 9.17) is 9.47 Å². The van der Waals surface area contributed by atoms with E-state index in [2.05, 4.69) is 5.32 Å². The monoisotopic (exact) mass is 420 g/mol. The van der Waals surface area contributed by atoms with Crippen LogP contribution in [0.15, 0.2) is 47.4 Å². The number of nitrogens with one attached hydrogen (secondary N) is 1. The maximum absolute atomic E-state index is 13.2. The third kappa shape index (κ3) is 4.06. The van der Waals surface area contributed by atoms with Crippen LogP contribution in [0, 0.1) is 5.82 Å². The van der Waals surface area contributed by atoms with Crippen molar-refractivity contribution in [2.75, 3.05) is 19.8 Å². The Bertz CT molecular complexity index is 1010. The molecule has 154 valence electrons. The third-order valence-electron chi connectivity index (χ3n) is 5.01. The van der Waals surface area contributed by atoms with Gasteiger partial charge in [-0.15, -0.1) is 0 Å². The van der Waals surface area contributed by atoms with Crippen LogP contribution in [-0.4, -0.2) is 44.4 Å². The standard InChI is InChI=1S/C20H21FN2O5S/c21-15-5-3-14(4-6-15)13-22-20(24)17-2-1-9-23(17)29(25,26)16-7-8-18-19(12-16)28-11-10-27-18/h3-8,12,17H,1-2,9-11,13H2,(H,22,24). The van der Waals surface area contributed by atoms with E-state index in [1.807, 2.05) is 0 Å². The highest BCUT2D eigenvalue weighted by molar-refractivity contribution is 7.89. The summed E-state index contributed by atoms with van der Waals surface area (Å²) in [7, 11) is -3.87. The topological polar surface area (TPSA) is 84.9 Å². The lowest BCUT2D eigenvalue weighted by Gasteiger charge is -2.24. The number of nitrogens with zero attached hydrogens (tertiary/aromatic N) is 1. The van der Waals surface area contributed by atoms with E-state index in [-0.39, 0.29) is 29.7 Å². The molecule has 0 aliphatic carbocycles. The Labute approximate surface area is 168 Å². The van der Waals surface area contributed by atoms with Crippen LogP contribution in [0.4, 0.5) is 4.39 Å². The van der Waals surface area contributed by atoms with Gasteiger partial charge in [0.1, 0.15) is 25.1 Å². The lowest BCUT2D eigenvalue weighted by atomic mass is 10.2. The molecule has 2 heterocycles. The summed E-state index contributed by atoms with van der Waals surface area (Å²) in [5.41, 5.74) is 0.735. The predicted octanol–water partition coefficient (Wildman–Crippen LogP) is 2.07. The van der Waals surface area contributed by atoms with Crippen LogP contribution in [0.5, 0.6) is 11.5 Å². The number of halogens is 1. The molecule has 4 rings (SSSR count). The van der Waals surface area contributed by atoms with E-state index < -0.39 is 16.1 Å². The first-order valence-corrected chi connectivity index (χ1v) is 10.8. The number of amides is 1. The van der Waals surface area contributed by atoms with Crippen molar-refractivity contribution in [1.82, 2.24) is 9.62 Å². The fourth-order valence-electron chi connectivity index (χ4n) is 3.52. The molecule has 1 saturated heterocycles. The zero-order valence-electron chi connectivity index (χ0n) is 15.6.